The van der Waals surface area contributed by atoms with Gasteiger partial charge in [0.2, 0.25) is 0 Å². The Labute approximate surface area is 754 Å². The highest BCUT2D eigenvalue weighted by molar-refractivity contribution is 6.63. The van der Waals surface area contributed by atoms with E-state index < -0.39 is 18.3 Å². The number of likely N-dealkylation sites (tertiary alicyclic amines) is 1. The number of methoxy groups -OCH3 is 2. The lowest BCUT2D eigenvalue weighted by molar-refractivity contribution is 0.00578. The van der Waals surface area contributed by atoms with Crippen molar-refractivity contribution in [3.63, 3.8) is 0 Å². The third-order valence-corrected chi connectivity index (χ3v) is 27.1. The molecule has 8 aromatic carbocycles. The monoisotopic (exact) mass is 1730 g/mol. The average Bonchev–Trinajstić information content (AvgIpc) is 1.27. The predicted molar refractivity (Wildman–Crippen MR) is 506 cm³/mol. The highest BCUT2D eigenvalue weighted by atomic mass is 16.7. The highest BCUT2D eigenvalue weighted by Gasteiger charge is 2.53. The minimum atomic E-state index is -0.565. The lowest BCUT2D eigenvalue weighted by atomic mass is 9.61. The van der Waals surface area contributed by atoms with Crippen LogP contribution in [0.5, 0.6) is 23.0 Å². The zero-order chi connectivity index (χ0) is 89.9. The summed E-state index contributed by atoms with van der Waals surface area (Å²) in [6.07, 6.45) is 14.9. The number of carbonyl (C=O) groups excluding carboxylic acids is 5. The van der Waals surface area contributed by atoms with Crippen LogP contribution in [-0.4, -0.2) is 202 Å². The minimum absolute atomic E-state index is 0. The first-order valence-electron chi connectivity index (χ1n) is 45.5. The highest BCUT2D eigenvalue weighted by Crippen LogP contribution is 2.53. The Morgan fingerprint density at radius 3 is 1.36 bits per heavy atom. The van der Waals surface area contributed by atoms with Crippen LogP contribution in [-0.2, 0) is 49.4 Å². The van der Waals surface area contributed by atoms with E-state index in [-0.39, 0.29) is 85.6 Å². The molecule has 3 spiro atoms. The van der Waals surface area contributed by atoms with E-state index in [1.807, 2.05) is 167 Å². The molecule has 4 fully saturated rings. The molecule has 0 aromatic heterocycles. The molecule has 0 radical (unpaired) electrons. The molecular weight excluding hydrogens is 1590 g/mol. The van der Waals surface area contributed by atoms with E-state index in [0.29, 0.717) is 105 Å². The fraction of sp³-hybridized carbons (Fsp3) is 0.457. The molecule has 21 nitrogen and oxygen atoms in total. The van der Waals surface area contributed by atoms with Crippen molar-refractivity contribution in [3.05, 3.63) is 266 Å². The SMILES string of the molecule is C.CCN(CC)C(=O)c1ccc(B2OC(C)(C)C(C)(C)O2)c(OCOC)c1.CCN(CC)C(=O)c1ccc(C2=CC3(CCN(C(=O)OCc4ccccc4)CC3)Cc3ccccc32)c(OCOC)c1.CCN(CC)C(=O)c1ccc(C2=CC3(CCNCC3)Cc3ccccc32)c(O)c1.CCN(CC)C(=O)c1ccc(C2CC3(CCNCC3)Cc3ccccc32)c(O)c1. The van der Waals surface area contributed by atoms with E-state index in [0.717, 1.165) is 122 Å². The maximum Gasteiger partial charge on any atom is 0.498 e. The Balaban J connectivity index is 0.000000167. The predicted octanol–water partition coefficient (Wildman–Crippen LogP) is 18.2. The molecule has 15 rings (SSSR count). The van der Waals surface area contributed by atoms with Crippen molar-refractivity contribution in [3.8, 4) is 23.0 Å². The summed E-state index contributed by atoms with van der Waals surface area (Å²) in [6, 6.07) is 57.5. The lowest BCUT2D eigenvalue weighted by Crippen LogP contribution is -2.44. The number of carbonyl (C=O) groups is 5. The van der Waals surface area contributed by atoms with Gasteiger partial charge in [0.25, 0.3) is 23.6 Å². The van der Waals surface area contributed by atoms with Crippen molar-refractivity contribution >= 4 is 53.4 Å². The standard InChI is InChI=1S/C35H40N2O5.C25H32N2O2.C25H30N2O2.C19H30BNO5.CH4/c1-4-36(5-2)33(38)27-15-16-30(32(21-27)42-25-40-3)31-23-35(22-28-13-9-10-14-29(28)31)17-19-37(20-18-35)34(39)41-24-26-11-7-6-8-12-26;2*1-3-27(4-2)24(29)18-9-10-21(23(28)15-18)22-17-25(11-13-26-14-12-25)16-19-7-5-6-8-20(19)22;1-8-21(9-2)17(22)14-10-11-15(16(12-14)24-13-23-7)20-25-18(3,4)19(5,6)26-20;/h6-16,21,23H,4-5,17-20,22,24-25H2,1-3H3;5-10,15,22,26,28H,3-4,11-14,16-17H2,1-2H3;5-10,15,17,26,28H,3-4,11-14,16H2,1-2H3;10-12H,8-9,13H2,1-7H3;1H4. The summed E-state index contributed by atoms with van der Waals surface area (Å²) in [7, 11) is 2.58. The molecule has 1 unspecified atom stereocenters. The van der Waals surface area contributed by atoms with Crippen LogP contribution in [0.25, 0.3) is 11.1 Å². The number of allylic oxidation sites excluding steroid dienone is 2. The number of amides is 5. The summed E-state index contributed by atoms with van der Waals surface area (Å²) in [4.78, 5) is 73.0. The average molecular weight is 1730 g/mol. The summed E-state index contributed by atoms with van der Waals surface area (Å²) in [6.45, 7) is 34.9. The molecule has 1 atom stereocenters. The van der Waals surface area contributed by atoms with Crippen LogP contribution in [0.4, 0.5) is 4.79 Å². The van der Waals surface area contributed by atoms with Gasteiger partial charge in [-0.05, 0) is 300 Å². The van der Waals surface area contributed by atoms with Gasteiger partial charge < -0.3 is 78.3 Å². The van der Waals surface area contributed by atoms with E-state index in [9.17, 15) is 34.2 Å². The van der Waals surface area contributed by atoms with Gasteiger partial charge in [0, 0.05) is 130 Å². The van der Waals surface area contributed by atoms with Crippen LogP contribution in [0.3, 0.4) is 0 Å². The molecule has 22 heteroatoms. The third kappa shape index (κ3) is 22.6. The maximum absolute atomic E-state index is 13.2. The van der Waals surface area contributed by atoms with Crippen molar-refractivity contribution in [2.45, 2.75) is 178 Å². The van der Waals surface area contributed by atoms with Crippen LogP contribution in [0.1, 0.15) is 238 Å². The zero-order valence-corrected chi connectivity index (χ0v) is 76.7. The van der Waals surface area contributed by atoms with Crippen molar-refractivity contribution in [1.29, 1.82) is 0 Å². The molecular formula is C105H136BN7O14. The minimum Gasteiger partial charge on any atom is -0.508 e. The van der Waals surface area contributed by atoms with Gasteiger partial charge in [0.1, 0.15) is 29.6 Å². The molecule has 4 heterocycles. The number of phenolic OH excluding ortho intramolecular Hbond substituents is 2. The molecule has 7 aliphatic rings. The second-order valence-corrected chi connectivity index (χ2v) is 35.2. The molecule has 3 aliphatic carbocycles. The van der Waals surface area contributed by atoms with Crippen LogP contribution < -0.4 is 25.6 Å². The first-order valence-corrected chi connectivity index (χ1v) is 45.5. The first kappa shape index (κ1) is 97.0. The van der Waals surface area contributed by atoms with Crippen LogP contribution in [0, 0.1) is 16.2 Å². The Morgan fingerprint density at radius 1 is 0.449 bits per heavy atom. The van der Waals surface area contributed by atoms with Gasteiger partial charge in [-0.25, -0.2) is 4.79 Å². The quantitative estimate of drug-likeness (QED) is 0.0325. The molecule has 5 amide bonds. The van der Waals surface area contributed by atoms with Gasteiger partial charge in [-0.1, -0.05) is 135 Å². The van der Waals surface area contributed by atoms with E-state index in [1.165, 1.54) is 40.7 Å². The fourth-order valence-electron chi connectivity index (χ4n) is 19.0. The van der Waals surface area contributed by atoms with Crippen LogP contribution in [0.2, 0.25) is 0 Å². The summed E-state index contributed by atoms with van der Waals surface area (Å²) in [5.74, 6) is 1.64. The van der Waals surface area contributed by atoms with Crippen LogP contribution >= 0.6 is 0 Å². The largest absolute Gasteiger partial charge is 0.508 e. The normalized spacial score (nSPS) is 17.4. The van der Waals surface area contributed by atoms with Gasteiger partial charge in [-0.2, -0.15) is 0 Å². The molecule has 4 aliphatic heterocycles. The number of fused-ring (bicyclic) bond motifs is 3. The molecule has 4 N–H and O–H groups in total. The molecule has 0 bridgehead atoms. The maximum atomic E-state index is 13.2. The van der Waals surface area contributed by atoms with Gasteiger partial charge in [-0.15, -0.1) is 0 Å². The number of hydrogen-bond donors (Lipinski definition) is 4. The molecule has 678 valence electrons. The second-order valence-electron chi connectivity index (χ2n) is 35.2. The van der Waals surface area contributed by atoms with Crippen molar-refractivity contribution < 1.29 is 67.2 Å². The molecule has 8 aromatic rings. The Kier molecular flexibility index (Phi) is 33.6. The smallest absolute Gasteiger partial charge is 0.498 e. The number of nitrogens with zero attached hydrogens (tertiary/aromatic N) is 5. The molecule has 0 saturated carbocycles. The number of ether oxygens (including phenoxy) is 5. The number of phenols is 2. The number of nitrogens with one attached hydrogen (secondary N) is 2. The number of hydrogen-bond acceptors (Lipinski definition) is 16. The van der Waals surface area contributed by atoms with E-state index in [2.05, 4.69) is 95.6 Å². The Bertz CT molecular complexity index is 5110. The van der Waals surface area contributed by atoms with Crippen molar-refractivity contribution in [1.82, 2.24) is 35.1 Å². The first-order chi connectivity index (χ1) is 60.8. The lowest BCUT2D eigenvalue weighted by Gasteiger charge is -2.45. The number of aromatic hydroxyl groups is 2. The van der Waals surface area contributed by atoms with Gasteiger partial charge in [0.05, 0.1) is 11.2 Å². The van der Waals surface area contributed by atoms with Crippen molar-refractivity contribution in [2.24, 2.45) is 16.2 Å². The van der Waals surface area contributed by atoms with Gasteiger partial charge >= 0.3 is 13.2 Å². The summed E-state index contributed by atoms with van der Waals surface area (Å²) in [5, 5.41) is 28.8. The van der Waals surface area contributed by atoms with Gasteiger partial charge in [-0.3, -0.25) is 19.2 Å². The summed E-state index contributed by atoms with van der Waals surface area (Å²) in [5.41, 5.74) is 16.0. The summed E-state index contributed by atoms with van der Waals surface area (Å²) < 4.78 is 40.0. The van der Waals surface area contributed by atoms with E-state index in [1.54, 1.807) is 58.1 Å². The van der Waals surface area contributed by atoms with Crippen LogP contribution in [0.15, 0.2) is 188 Å². The van der Waals surface area contributed by atoms with E-state index in [4.69, 9.17) is 33.0 Å². The van der Waals surface area contributed by atoms with Gasteiger partial charge in [0.15, 0.2) is 13.6 Å². The molecule has 127 heavy (non-hydrogen) atoms. The Hall–Kier alpha value is -10.6. The summed E-state index contributed by atoms with van der Waals surface area (Å²) >= 11 is 0. The zero-order valence-electron chi connectivity index (χ0n) is 76.7. The number of rotatable bonds is 24. The Morgan fingerprint density at radius 2 is 0.866 bits per heavy atom. The van der Waals surface area contributed by atoms with E-state index >= 15 is 0 Å². The number of benzene rings is 8. The second kappa shape index (κ2) is 43.9. The number of piperidine rings is 3. The van der Waals surface area contributed by atoms with Crippen molar-refractivity contribution in [2.75, 3.05) is 119 Å². The third-order valence-electron chi connectivity index (χ3n) is 27.1. The fourth-order valence-corrected chi connectivity index (χ4v) is 19.0. The topological polar surface area (TPSA) is 231 Å². The molecule has 4 saturated heterocycles.